The number of aliphatic carboxylic acids is 1. The third kappa shape index (κ3) is 4.70. The lowest BCUT2D eigenvalue weighted by molar-refractivity contribution is -0.144. The van der Waals surface area contributed by atoms with Crippen molar-refractivity contribution in [3.8, 4) is 23.1 Å². The second-order valence-electron chi connectivity index (χ2n) is 8.09. The maximum atomic E-state index is 13.5. The molecule has 0 radical (unpaired) electrons. The molecule has 2 heterocycles. The van der Waals surface area contributed by atoms with E-state index in [0.29, 0.717) is 38.0 Å². The molecular formula is C27H20BrN3O6. The summed E-state index contributed by atoms with van der Waals surface area (Å²) < 4.78 is 18.6. The van der Waals surface area contributed by atoms with Crippen LogP contribution in [0.15, 0.2) is 85.5 Å². The van der Waals surface area contributed by atoms with Gasteiger partial charge in [-0.2, -0.15) is 9.78 Å². The minimum Gasteiger partial charge on any atom is -0.493 e. The zero-order valence-electron chi connectivity index (χ0n) is 19.7. The topological polar surface area (TPSA) is 116 Å². The Morgan fingerprint density at radius 2 is 1.89 bits per heavy atom. The van der Waals surface area contributed by atoms with Crippen molar-refractivity contribution in [3.05, 3.63) is 87.1 Å². The Labute approximate surface area is 218 Å². The van der Waals surface area contributed by atoms with Crippen LogP contribution in [-0.4, -0.2) is 40.2 Å². The number of hydrogen-bond acceptors (Lipinski definition) is 7. The van der Waals surface area contributed by atoms with Crippen molar-refractivity contribution >= 4 is 50.0 Å². The van der Waals surface area contributed by atoms with Gasteiger partial charge in [-0.05, 0) is 59.3 Å². The molecule has 0 bridgehead atoms. The van der Waals surface area contributed by atoms with E-state index in [1.165, 1.54) is 24.9 Å². The summed E-state index contributed by atoms with van der Waals surface area (Å²) in [5.74, 6) is 0.0806. The first-order valence-electron chi connectivity index (χ1n) is 11.2. The predicted molar refractivity (Wildman–Crippen MR) is 143 cm³/mol. The van der Waals surface area contributed by atoms with Crippen LogP contribution < -0.4 is 15.0 Å². The number of furan rings is 1. The maximum absolute atomic E-state index is 13.5. The number of hydrogen-bond donors (Lipinski definition) is 1. The number of nitrogens with zero attached hydrogens (tertiary/aromatic N) is 3. The molecule has 5 aromatic rings. The number of rotatable bonds is 7. The van der Waals surface area contributed by atoms with Crippen molar-refractivity contribution in [2.75, 3.05) is 7.11 Å². The summed E-state index contributed by atoms with van der Waals surface area (Å²) in [7, 11) is 1.44. The maximum Gasteiger partial charge on any atom is 0.344 e. The van der Waals surface area contributed by atoms with Gasteiger partial charge in [0.2, 0.25) is 5.82 Å². The monoisotopic (exact) mass is 561 g/mol. The fraction of sp³-hybridized carbons (Fsp3) is 0.111. The molecule has 3 aromatic carbocycles. The number of aromatic nitrogens is 2. The van der Waals surface area contributed by atoms with Gasteiger partial charge in [-0.25, -0.2) is 9.78 Å². The molecule has 0 saturated heterocycles. The molecule has 9 nitrogen and oxygen atoms in total. The molecule has 0 aliphatic carbocycles. The molecule has 186 valence electrons. The Morgan fingerprint density at radius 1 is 1.14 bits per heavy atom. The van der Waals surface area contributed by atoms with E-state index in [1.807, 2.05) is 36.4 Å². The highest BCUT2D eigenvalue weighted by Gasteiger charge is 2.19. The van der Waals surface area contributed by atoms with Gasteiger partial charge < -0.3 is 19.0 Å². The fourth-order valence-electron chi connectivity index (χ4n) is 3.74. The van der Waals surface area contributed by atoms with Crippen LogP contribution in [0.1, 0.15) is 12.5 Å². The van der Waals surface area contributed by atoms with E-state index >= 15 is 0 Å². The SMILES string of the molecule is COc1cc(C=Nn2c(-c3cc4ccccc4o3)nc3ccccc3c2=O)c(Br)cc1O[C@@H](C)C(=O)O. The van der Waals surface area contributed by atoms with Crippen molar-refractivity contribution in [1.82, 2.24) is 9.66 Å². The Balaban J connectivity index is 1.63. The molecule has 37 heavy (non-hydrogen) atoms. The molecule has 0 aliphatic rings. The lowest BCUT2D eigenvalue weighted by Gasteiger charge is -2.15. The molecule has 2 aromatic heterocycles. The summed E-state index contributed by atoms with van der Waals surface area (Å²) in [4.78, 5) is 29.3. The Hall–Kier alpha value is -4.44. The number of carboxylic acid groups (broad SMARTS) is 1. The van der Waals surface area contributed by atoms with E-state index < -0.39 is 12.1 Å². The highest BCUT2D eigenvalue weighted by molar-refractivity contribution is 9.10. The van der Waals surface area contributed by atoms with Crippen LogP contribution in [0.25, 0.3) is 33.5 Å². The second-order valence-corrected chi connectivity index (χ2v) is 8.94. The molecule has 1 N–H and O–H groups in total. The quantitative estimate of drug-likeness (QED) is 0.267. The fourth-order valence-corrected chi connectivity index (χ4v) is 4.17. The largest absolute Gasteiger partial charge is 0.493 e. The van der Waals surface area contributed by atoms with Crippen molar-refractivity contribution in [2.45, 2.75) is 13.0 Å². The van der Waals surface area contributed by atoms with Crippen LogP contribution in [-0.2, 0) is 4.79 Å². The van der Waals surface area contributed by atoms with E-state index in [4.69, 9.17) is 19.0 Å². The van der Waals surface area contributed by atoms with E-state index in [1.54, 1.807) is 30.3 Å². The summed E-state index contributed by atoms with van der Waals surface area (Å²) in [6.45, 7) is 1.42. The van der Waals surface area contributed by atoms with Gasteiger partial charge in [-0.15, -0.1) is 0 Å². The van der Waals surface area contributed by atoms with Crippen molar-refractivity contribution in [1.29, 1.82) is 0 Å². The van der Waals surface area contributed by atoms with Crippen LogP contribution in [0.5, 0.6) is 11.5 Å². The van der Waals surface area contributed by atoms with Gasteiger partial charge in [-0.1, -0.05) is 30.3 Å². The van der Waals surface area contributed by atoms with E-state index in [0.717, 1.165) is 5.39 Å². The first-order chi connectivity index (χ1) is 17.9. The summed E-state index contributed by atoms with van der Waals surface area (Å²) in [5.41, 5.74) is 1.37. The molecule has 0 fully saturated rings. The number of ether oxygens (including phenoxy) is 2. The molecule has 1 atom stereocenters. The molecule has 0 aliphatic heterocycles. The second kappa shape index (κ2) is 9.90. The lowest BCUT2D eigenvalue weighted by atomic mass is 10.2. The first kappa shape index (κ1) is 24.3. The Morgan fingerprint density at radius 3 is 2.65 bits per heavy atom. The Kier molecular flexibility index (Phi) is 6.49. The number of para-hydroxylation sites is 2. The normalized spacial score (nSPS) is 12.3. The zero-order chi connectivity index (χ0) is 26.1. The molecule has 0 spiro atoms. The van der Waals surface area contributed by atoms with Crippen LogP contribution in [0.2, 0.25) is 0 Å². The van der Waals surface area contributed by atoms with E-state index in [-0.39, 0.29) is 17.1 Å². The highest BCUT2D eigenvalue weighted by atomic mass is 79.9. The van der Waals surface area contributed by atoms with Gasteiger partial charge in [0, 0.05) is 15.4 Å². The van der Waals surface area contributed by atoms with Gasteiger partial charge in [-0.3, -0.25) is 4.79 Å². The van der Waals surface area contributed by atoms with Crippen LogP contribution in [0, 0.1) is 0 Å². The average Bonchev–Trinajstić information content (AvgIpc) is 3.33. The van der Waals surface area contributed by atoms with Gasteiger partial charge in [0.15, 0.2) is 23.4 Å². The van der Waals surface area contributed by atoms with Crippen molar-refractivity contribution < 1.29 is 23.8 Å². The number of methoxy groups -OCH3 is 1. The smallest absolute Gasteiger partial charge is 0.344 e. The van der Waals surface area contributed by atoms with E-state index in [9.17, 15) is 9.59 Å². The molecule has 10 heteroatoms. The summed E-state index contributed by atoms with van der Waals surface area (Å²) >= 11 is 3.46. The third-order valence-electron chi connectivity index (χ3n) is 5.65. The summed E-state index contributed by atoms with van der Waals surface area (Å²) in [6.07, 6.45) is 0.398. The van der Waals surface area contributed by atoms with Crippen LogP contribution >= 0.6 is 15.9 Å². The molecular weight excluding hydrogens is 542 g/mol. The Bertz CT molecular complexity index is 1710. The molecule has 0 unspecified atom stereocenters. The summed E-state index contributed by atoms with van der Waals surface area (Å²) in [5, 5.41) is 14.9. The van der Waals surface area contributed by atoms with Crippen molar-refractivity contribution in [2.24, 2.45) is 5.10 Å². The minimum atomic E-state index is -1.11. The predicted octanol–water partition coefficient (Wildman–Crippen LogP) is 5.31. The number of fused-ring (bicyclic) bond motifs is 2. The number of benzene rings is 3. The molecule has 0 saturated carbocycles. The average molecular weight is 562 g/mol. The first-order valence-corrected chi connectivity index (χ1v) is 12.0. The third-order valence-corrected chi connectivity index (χ3v) is 6.33. The summed E-state index contributed by atoms with van der Waals surface area (Å²) in [6, 6.07) is 19.5. The van der Waals surface area contributed by atoms with Crippen LogP contribution in [0.4, 0.5) is 0 Å². The van der Waals surface area contributed by atoms with Crippen LogP contribution in [0.3, 0.4) is 0 Å². The minimum absolute atomic E-state index is 0.244. The lowest BCUT2D eigenvalue weighted by Crippen LogP contribution is -2.23. The van der Waals surface area contributed by atoms with E-state index in [2.05, 4.69) is 26.0 Å². The molecule has 5 rings (SSSR count). The van der Waals surface area contributed by atoms with Gasteiger partial charge in [0.1, 0.15) is 5.58 Å². The van der Waals surface area contributed by atoms with Crippen molar-refractivity contribution in [3.63, 3.8) is 0 Å². The standard InChI is InChI=1S/C27H20BrN3O6/c1-15(27(33)34)36-23-13-19(28)17(12-22(23)35-2)14-29-31-25(24-11-16-7-3-6-10-21(16)37-24)30-20-9-5-4-8-18(20)26(31)32/h3-15H,1-2H3,(H,33,34)/t15-/m0/s1. The zero-order valence-corrected chi connectivity index (χ0v) is 21.3. The number of halogens is 1. The number of carbonyl (C=O) groups is 1. The van der Waals surface area contributed by atoms with Gasteiger partial charge in [0.25, 0.3) is 5.56 Å². The molecule has 0 amide bonds. The number of carboxylic acids is 1. The van der Waals surface area contributed by atoms with Gasteiger partial charge in [0.05, 0.1) is 24.2 Å². The highest BCUT2D eigenvalue weighted by Crippen LogP contribution is 2.34. The van der Waals surface area contributed by atoms with Gasteiger partial charge >= 0.3 is 5.97 Å².